The molecule has 0 bridgehead atoms. The first-order chi connectivity index (χ1) is 6.48. The Kier molecular flexibility index (Phi) is 10.9. The number of nitrogens with one attached hydrogen (secondary N) is 1. The van der Waals surface area contributed by atoms with Gasteiger partial charge in [-0.3, -0.25) is 0 Å². The highest BCUT2D eigenvalue weighted by Gasteiger charge is 2.08. The molecule has 0 aliphatic rings. The van der Waals surface area contributed by atoms with Gasteiger partial charge in [0.15, 0.2) is 0 Å². The van der Waals surface area contributed by atoms with Gasteiger partial charge >= 0.3 is 0 Å². The minimum atomic E-state index is -3.14. The molecule has 15 heavy (non-hydrogen) atoms. The third-order valence-electron chi connectivity index (χ3n) is 1.68. The molecular formula is C8H21ClN2O3S. The zero-order valence-electron chi connectivity index (χ0n) is 9.23. The van der Waals surface area contributed by atoms with Crippen molar-refractivity contribution in [3.8, 4) is 0 Å². The Morgan fingerprint density at radius 2 is 2.07 bits per heavy atom. The van der Waals surface area contributed by atoms with Crippen LogP contribution in [0.25, 0.3) is 0 Å². The molecule has 0 aromatic heterocycles. The van der Waals surface area contributed by atoms with E-state index in [9.17, 15) is 8.42 Å². The Hall–Kier alpha value is 0.120. The van der Waals surface area contributed by atoms with E-state index in [1.54, 1.807) is 7.11 Å². The van der Waals surface area contributed by atoms with Crippen molar-refractivity contribution in [3.05, 3.63) is 0 Å². The topological polar surface area (TPSA) is 81.4 Å². The predicted molar refractivity (Wildman–Crippen MR) is 63.8 cm³/mol. The Bertz CT molecular complexity index is 232. The van der Waals surface area contributed by atoms with E-state index in [0.717, 1.165) is 0 Å². The quantitative estimate of drug-likeness (QED) is 0.607. The summed E-state index contributed by atoms with van der Waals surface area (Å²) in [6.45, 7) is 2.72. The van der Waals surface area contributed by atoms with E-state index in [1.807, 2.05) is 6.92 Å². The van der Waals surface area contributed by atoms with Gasteiger partial charge in [-0.05, 0) is 19.8 Å². The van der Waals surface area contributed by atoms with Crippen LogP contribution >= 0.6 is 12.4 Å². The van der Waals surface area contributed by atoms with Crippen molar-refractivity contribution < 1.29 is 13.2 Å². The largest absolute Gasteiger partial charge is 0.385 e. The second kappa shape index (κ2) is 9.35. The SMILES string of the molecule is COCCCS(=O)(=O)NCCC(C)N.Cl. The van der Waals surface area contributed by atoms with Gasteiger partial charge in [0.25, 0.3) is 0 Å². The van der Waals surface area contributed by atoms with Crippen LogP contribution in [0, 0.1) is 0 Å². The van der Waals surface area contributed by atoms with E-state index in [-0.39, 0.29) is 24.2 Å². The summed E-state index contributed by atoms with van der Waals surface area (Å²) in [4.78, 5) is 0. The minimum absolute atomic E-state index is 0. The van der Waals surface area contributed by atoms with Crippen molar-refractivity contribution in [1.29, 1.82) is 0 Å². The number of halogens is 1. The summed E-state index contributed by atoms with van der Waals surface area (Å²) < 4.78 is 29.8. The molecule has 0 aromatic rings. The maximum atomic E-state index is 11.3. The fraction of sp³-hybridized carbons (Fsp3) is 1.00. The second-order valence-corrected chi connectivity index (χ2v) is 5.25. The molecular weight excluding hydrogens is 240 g/mol. The van der Waals surface area contributed by atoms with E-state index in [0.29, 0.717) is 26.0 Å². The summed E-state index contributed by atoms with van der Waals surface area (Å²) in [6, 6.07) is 0.0247. The molecule has 1 atom stereocenters. The zero-order valence-corrected chi connectivity index (χ0v) is 10.9. The van der Waals surface area contributed by atoms with Crippen LogP contribution in [0.3, 0.4) is 0 Å². The molecule has 5 nitrogen and oxygen atoms in total. The standard InChI is InChI=1S/C8H20N2O3S.ClH/c1-8(9)4-5-10-14(11,12)7-3-6-13-2;/h8,10H,3-7,9H2,1-2H3;1H. The van der Waals surface area contributed by atoms with Crippen molar-refractivity contribution in [3.63, 3.8) is 0 Å². The van der Waals surface area contributed by atoms with Crippen LogP contribution in [0.1, 0.15) is 19.8 Å². The normalized spacial score (nSPS) is 13.3. The Balaban J connectivity index is 0. The number of methoxy groups -OCH3 is 1. The summed E-state index contributed by atoms with van der Waals surface area (Å²) in [5, 5.41) is 0. The van der Waals surface area contributed by atoms with Crippen LogP contribution in [-0.4, -0.2) is 40.5 Å². The van der Waals surface area contributed by atoms with E-state index in [4.69, 9.17) is 10.5 Å². The molecule has 0 radical (unpaired) electrons. The second-order valence-electron chi connectivity index (χ2n) is 3.33. The first kappa shape index (κ1) is 17.5. The summed E-state index contributed by atoms with van der Waals surface area (Å²) in [6.07, 6.45) is 1.17. The molecule has 94 valence electrons. The van der Waals surface area contributed by atoms with Gasteiger partial charge in [-0.1, -0.05) is 0 Å². The van der Waals surface area contributed by atoms with Gasteiger partial charge < -0.3 is 10.5 Å². The van der Waals surface area contributed by atoms with E-state index < -0.39 is 10.0 Å². The molecule has 0 saturated carbocycles. The van der Waals surface area contributed by atoms with E-state index >= 15 is 0 Å². The van der Waals surface area contributed by atoms with Crippen LogP contribution in [0.15, 0.2) is 0 Å². The van der Waals surface area contributed by atoms with Crippen LogP contribution in [0.5, 0.6) is 0 Å². The highest BCUT2D eigenvalue weighted by molar-refractivity contribution is 7.89. The van der Waals surface area contributed by atoms with E-state index in [2.05, 4.69) is 4.72 Å². The van der Waals surface area contributed by atoms with Gasteiger partial charge in [0.1, 0.15) is 0 Å². The van der Waals surface area contributed by atoms with Gasteiger partial charge in [-0.15, -0.1) is 12.4 Å². The lowest BCUT2D eigenvalue weighted by Crippen LogP contribution is -2.31. The minimum Gasteiger partial charge on any atom is -0.385 e. The number of rotatable bonds is 8. The predicted octanol–water partition coefficient (Wildman–Crippen LogP) is 0.101. The molecule has 0 saturated heterocycles. The first-order valence-corrected chi connectivity index (χ1v) is 6.35. The van der Waals surface area contributed by atoms with Gasteiger partial charge in [0.2, 0.25) is 10.0 Å². The molecule has 0 heterocycles. The fourth-order valence-corrected chi connectivity index (χ4v) is 1.98. The number of sulfonamides is 1. The van der Waals surface area contributed by atoms with Crippen molar-refractivity contribution in [2.75, 3.05) is 26.0 Å². The average molecular weight is 261 g/mol. The molecule has 1 unspecified atom stereocenters. The lowest BCUT2D eigenvalue weighted by Gasteiger charge is -2.07. The maximum absolute atomic E-state index is 11.3. The number of hydrogen-bond acceptors (Lipinski definition) is 4. The van der Waals surface area contributed by atoms with Gasteiger partial charge in [-0.2, -0.15) is 0 Å². The van der Waals surface area contributed by atoms with Crippen LogP contribution in [0.4, 0.5) is 0 Å². The summed E-state index contributed by atoms with van der Waals surface area (Å²) in [5.41, 5.74) is 5.49. The average Bonchev–Trinajstić information content (AvgIpc) is 2.03. The molecule has 0 spiro atoms. The highest BCUT2D eigenvalue weighted by atomic mass is 35.5. The van der Waals surface area contributed by atoms with E-state index in [1.165, 1.54) is 0 Å². The van der Waals surface area contributed by atoms with Crippen molar-refractivity contribution in [2.24, 2.45) is 5.73 Å². The molecule has 0 rings (SSSR count). The monoisotopic (exact) mass is 260 g/mol. The fourth-order valence-electron chi connectivity index (χ4n) is 0.908. The van der Waals surface area contributed by atoms with Gasteiger partial charge in [0, 0.05) is 26.3 Å². The third-order valence-corrected chi connectivity index (χ3v) is 3.15. The molecule has 7 heteroatoms. The van der Waals surface area contributed by atoms with Crippen LogP contribution in [-0.2, 0) is 14.8 Å². The molecule has 3 N–H and O–H groups in total. The first-order valence-electron chi connectivity index (χ1n) is 4.70. The Morgan fingerprint density at radius 1 is 1.47 bits per heavy atom. The van der Waals surface area contributed by atoms with Crippen LogP contribution in [0.2, 0.25) is 0 Å². The lowest BCUT2D eigenvalue weighted by molar-refractivity contribution is 0.199. The number of hydrogen-bond donors (Lipinski definition) is 2. The summed E-state index contributed by atoms with van der Waals surface area (Å²) >= 11 is 0. The molecule has 0 aromatic carbocycles. The number of nitrogens with two attached hydrogens (primary N) is 1. The Labute approximate surface area is 98.2 Å². The maximum Gasteiger partial charge on any atom is 0.211 e. The van der Waals surface area contributed by atoms with Crippen molar-refractivity contribution in [1.82, 2.24) is 4.72 Å². The van der Waals surface area contributed by atoms with Gasteiger partial charge in [0.05, 0.1) is 5.75 Å². The van der Waals surface area contributed by atoms with Crippen molar-refractivity contribution >= 4 is 22.4 Å². The van der Waals surface area contributed by atoms with Crippen LogP contribution < -0.4 is 10.5 Å². The molecule has 0 aliphatic heterocycles. The molecule has 0 aliphatic carbocycles. The highest BCUT2D eigenvalue weighted by Crippen LogP contribution is 1.91. The zero-order chi connectivity index (χ0) is 11.0. The summed E-state index contributed by atoms with van der Waals surface area (Å²) in [5.74, 6) is 0.111. The molecule has 0 fully saturated rings. The lowest BCUT2D eigenvalue weighted by atomic mass is 10.3. The van der Waals surface area contributed by atoms with Gasteiger partial charge in [-0.25, -0.2) is 13.1 Å². The Morgan fingerprint density at radius 3 is 2.53 bits per heavy atom. The summed E-state index contributed by atoms with van der Waals surface area (Å²) in [7, 11) is -1.58. The third kappa shape index (κ3) is 12.0. The van der Waals surface area contributed by atoms with Crippen molar-refractivity contribution in [2.45, 2.75) is 25.8 Å². The molecule has 0 amide bonds. The smallest absolute Gasteiger partial charge is 0.211 e. The number of ether oxygens (including phenoxy) is 1.